The number of aromatic nitrogens is 2. The molecule has 0 amide bonds. The standard InChI is InChI=1S/C10H17N3O/c1-8-7-10(14)13(9(2)12-8)6-4-5-11-3/h7,11H,4-6H2,1-3H3. The first-order valence-electron chi connectivity index (χ1n) is 4.85. The van der Waals surface area contributed by atoms with E-state index in [1.165, 1.54) is 0 Å². The van der Waals surface area contributed by atoms with Crippen LogP contribution in [-0.2, 0) is 6.54 Å². The van der Waals surface area contributed by atoms with E-state index >= 15 is 0 Å². The molecule has 1 aromatic rings. The molecule has 1 rings (SSSR count). The summed E-state index contributed by atoms with van der Waals surface area (Å²) in [4.78, 5) is 15.8. The number of hydrogen-bond acceptors (Lipinski definition) is 3. The summed E-state index contributed by atoms with van der Waals surface area (Å²) in [6, 6.07) is 1.58. The lowest BCUT2D eigenvalue weighted by molar-refractivity contribution is 0.572. The zero-order valence-electron chi connectivity index (χ0n) is 9.00. The highest BCUT2D eigenvalue weighted by Crippen LogP contribution is 1.94. The first-order valence-corrected chi connectivity index (χ1v) is 4.85. The summed E-state index contributed by atoms with van der Waals surface area (Å²) < 4.78 is 1.71. The lowest BCUT2D eigenvalue weighted by atomic mass is 10.3. The average molecular weight is 195 g/mol. The van der Waals surface area contributed by atoms with Gasteiger partial charge in [0.05, 0.1) is 0 Å². The molecule has 0 atom stereocenters. The van der Waals surface area contributed by atoms with Gasteiger partial charge in [-0.1, -0.05) is 0 Å². The van der Waals surface area contributed by atoms with E-state index < -0.39 is 0 Å². The Labute approximate surface area is 84.0 Å². The van der Waals surface area contributed by atoms with E-state index in [-0.39, 0.29) is 5.56 Å². The van der Waals surface area contributed by atoms with Crippen molar-refractivity contribution in [2.24, 2.45) is 0 Å². The summed E-state index contributed by atoms with van der Waals surface area (Å²) in [5.41, 5.74) is 0.837. The van der Waals surface area contributed by atoms with Crippen LogP contribution in [0.2, 0.25) is 0 Å². The molecule has 4 nitrogen and oxygen atoms in total. The van der Waals surface area contributed by atoms with Crippen molar-refractivity contribution in [1.29, 1.82) is 0 Å². The molecule has 0 unspecified atom stereocenters. The molecule has 14 heavy (non-hydrogen) atoms. The van der Waals surface area contributed by atoms with E-state index in [9.17, 15) is 4.79 Å². The van der Waals surface area contributed by atoms with Crippen LogP contribution < -0.4 is 10.9 Å². The molecule has 4 heteroatoms. The van der Waals surface area contributed by atoms with Crippen LogP contribution in [0.4, 0.5) is 0 Å². The highest BCUT2D eigenvalue weighted by Gasteiger charge is 2.01. The van der Waals surface area contributed by atoms with Gasteiger partial charge in [-0.2, -0.15) is 0 Å². The SMILES string of the molecule is CNCCCn1c(C)nc(C)cc1=O. The third-order valence-corrected chi connectivity index (χ3v) is 2.14. The molecule has 0 fully saturated rings. The Balaban J connectivity index is 2.81. The minimum Gasteiger partial charge on any atom is -0.320 e. The van der Waals surface area contributed by atoms with E-state index in [1.807, 2.05) is 20.9 Å². The van der Waals surface area contributed by atoms with Crippen LogP contribution in [0.15, 0.2) is 10.9 Å². The maximum atomic E-state index is 11.6. The van der Waals surface area contributed by atoms with Crippen molar-refractivity contribution in [3.8, 4) is 0 Å². The van der Waals surface area contributed by atoms with E-state index in [2.05, 4.69) is 10.3 Å². The van der Waals surface area contributed by atoms with E-state index in [0.29, 0.717) is 0 Å². The predicted molar refractivity (Wildman–Crippen MR) is 56.5 cm³/mol. The van der Waals surface area contributed by atoms with Gasteiger partial charge in [0.1, 0.15) is 5.82 Å². The van der Waals surface area contributed by atoms with Crippen molar-refractivity contribution in [2.45, 2.75) is 26.8 Å². The molecular formula is C10H17N3O. The molecule has 0 bridgehead atoms. The molecule has 0 spiro atoms. The molecule has 1 N–H and O–H groups in total. The van der Waals surface area contributed by atoms with Gasteiger partial charge in [0, 0.05) is 18.3 Å². The third-order valence-electron chi connectivity index (χ3n) is 2.14. The minimum absolute atomic E-state index is 0.0473. The Morgan fingerprint density at radius 2 is 2.21 bits per heavy atom. The average Bonchev–Trinajstić information content (AvgIpc) is 2.09. The van der Waals surface area contributed by atoms with Crippen molar-refractivity contribution in [3.63, 3.8) is 0 Å². The Bertz CT molecular complexity index is 357. The maximum Gasteiger partial charge on any atom is 0.253 e. The van der Waals surface area contributed by atoms with Gasteiger partial charge in [0.25, 0.3) is 5.56 Å². The smallest absolute Gasteiger partial charge is 0.253 e. The molecule has 1 aromatic heterocycles. The summed E-state index contributed by atoms with van der Waals surface area (Å²) in [6.07, 6.45) is 0.946. The summed E-state index contributed by atoms with van der Waals surface area (Å²) >= 11 is 0. The van der Waals surface area contributed by atoms with Crippen LogP contribution in [-0.4, -0.2) is 23.1 Å². The fourth-order valence-corrected chi connectivity index (χ4v) is 1.45. The van der Waals surface area contributed by atoms with E-state index in [0.717, 1.165) is 31.0 Å². The fraction of sp³-hybridized carbons (Fsp3) is 0.600. The maximum absolute atomic E-state index is 11.6. The van der Waals surface area contributed by atoms with Crippen LogP contribution in [0.5, 0.6) is 0 Å². The summed E-state index contributed by atoms with van der Waals surface area (Å²) in [5.74, 6) is 0.797. The number of hydrogen-bond donors (Lipinski definition) is 1. The van der Waals surface area contributed by atoms with Gasteiger partial charge in [-0.3, -0.25) is 9.36 Å². The van der Waals surface area contributed by atoms with Gasteiger partial charge in [0.2, 0.25) is 0 Å². The van der Waals surface area contributed by atoms with Gasteiger partial charge in [-0.15, -0.1) is 0 Å². The number of rotatable bonds is 4. The van der Waals surface area contributed by atoms with Gasteiger partial charge >= 0.3 is 0 Å². The molecule has 0 aliphatic rings. The van der Waals surface area contributed by atoms with Crippen LogP contribution in [0, 0.1) is 13.8 Å². The van der Waals surface area contributed by atoms with Gasteiger partial charge in [-0.05, 0) is 33.9 Å². The highest BCUT2D eigenvalue weighted by atomic mass is 16.1. The van der Waals surface area contributed by atoms with Crippen molar-refractivity contribution in [3.05, 3.63) is 27.9 Å². The van der Waals surface area contributed by atoms with Gasteiger partial charge in [0.15, 0.2) is 0 Å². The molecule has 0 saturated heterocycles. The zero-order chi connectivity index (χ0) is 10.6. The van der Waals surface area contributed by atoms with Crippen molar-refractivity contribution >= 4 is 0 Å². The summed E-state index contributed by atoms with van der Waals surface area (Å²) in [7, 11) is 1.91. The largest absolute Gasteiger partial charge is 0.320 e. The minimum atomic E-state index is 0.0473. The first kappa shape index (κ1) is 10.9. The zero-order valence-corrected chi connectivity index (χ0v) is 9.00. The molecule has 0 aliphatic heterocycles. The second-order valence-electron chi connectivity index (χ2n) is 3.39. The number of nitrogens with one attached hydrogen (secondary N) is 1. The number of aryl methyl sites for hydroxylation is 2. The molecule has 0 aliphatic carbocycles. The van der Waals surface area contributed by atoms with Crippen molar-refractivity contribution in [1.82, 2.24) is 14.9 Å². The normalized spacial score (nSPS) is 10.5. The topological polar surface area (TPSA) is 46.9 Å². The lowest BCUT2D eigenvalue weighted by Gasteiger charge is -2.08. The second-order valence-corrected chi connectivity index (χ2v) is 3.39. The Hall–Kier alpha value is -1.16. The lowest BCUT2D eigenvalue weighted by Crippen LogP contribution is -2.25. The van der Waals surface area contributed by atoms with E-state index in [4.69, 9.17) is 0 Å². The van der Waals surface area contributed by atoms with Gasteiger partial charge in [-0.25, -0.2) is 4.98 Å². The quantitative estimate of drug-likeness (QED) is 0.710. The Morgan fingerprint density at radius 3 is 2.79 bits per heavy atom. The molecule has 1 heterocycles. The Morgan fingerprint density at radius 1 is 1.50 bits per heavy atom. The van der Waals surface area contributed by atoms with Crippen molar-refractivity contribution in [2.75, 3.05) is 13.6 Å². The monoisotopic (exact) mass is 195 g/mol. The molecule has 0 aromatic carbocycles. The molecular weight excluding hydrogens is 178 g/mol. The van der Waals surface area contributed by atoms with E-state index in [1.54, 1.807) is 10.6 Å². The summed E-state index contributed by atoms with van der Waals surface area (Å²) in [5, 5.41) is 3.05. The predicted octanol–water partition coefficient (Wildman–Crippen LogP) is 0.470. The van der Waals surface area contributed by atoms with Crippen molar-refractivity contribution < 1.29 is 0 Å². The molecule has 0 saturated carbocycles. The number of nitrogens with zero attached hydrogens (tertiary/aromatic N) is 2. The van der Waals surface area contributed by atoms with Crippen LogP contribution in [0.1, 0.15) is 17.9 Å². The highest BCUT2D eigenvalue weighted by molar-refractivity contribution is 5.01. The Kier molecular flexibility index (Phi) is 3.83. The summed E-state index contributed by atoms with van der Waals surface area (Å²) in [6.45, 7) is 5.36. The van der Waals surface area contributed by atoms with Crippen LogP contribution in [0.25, 0.3) is 0 Å². The van der Waals surface area contributed by atoms with Crippen LogP contribution >= 0.6 is 0 Å². The molecule has 78 valence electrons. The van der Waals surface area contributed by atoms with Gasteiger partial charge < -0.3 is 5.32 Å². The first-order chi connectivity index (χ1) is 6.65. The van der Waals surface area contributed by atoms with Crippen LogP contribution in [0.3, 0.4) is 0 Å². The third kappa shape index (κ3) is 2.67. The molecule has 0 radical (unpaired) electrons. The fourth-order valence-electron chi connectivity index (χ4n) is 1.45. The second kappa shape index (κ2) is 4.91.